The predicted octanol–water partition coefficient (Wildman–Crippen LogP) is 3.92. The van der Waals surface area contributed by atoms with Crippen LogP contribution in [0.15, 0.2) is 41.1 Å². The number of nitrogens with one attached hydrogen (secondary N) is 1. The minimum Gasteiger partial charge on any atom is -0.433 e. The van der Waals surface area contributed by atoms with Gasteiger partial charge in [-0.3, -0.25) is 4.79 Å². The maximum Gasteiger partial charge on any atom is 0.387 e. The number of carbonyl (C=O) groups is 1. The molecule has 2 aromatic rings. The van der Waals surface area contributed by atoms with E-state index in [0.717, 1.165) is 5.56 Å². The summed E-state index contributed by atoms with van der Waals surface area (Å²) >= 11 is 1.57. The van der Waals surface area contributed by atoms with Gasteiger partial charge in [0.05, 0.1) is 5.69 Å². The van der Waals surface area contributed by atoms with Gasteiger partial charge in [0.25, 0.3) is 0 Å². The van der Waals surface area contributed by atoms with E-state index in [2.05, 4.69) is 10.1 Å². The van der Waals surface area contributed by atoms with Gasteiger partial charge in [-0.2, -0.15) is 20.1 Å². The van der Waals surface area contributed by atoms with Gasteiger partial charge >= 0.3 is 6.61 Å². The monoisotopic (exact) mass is 297 g/mol. The molecule has 1 aromatic carbocycles. The molecule has 0 aliphatic heterocycles. The molecule has 0 saturated heterocycles. The molecule has 0 saturated carbocycles. The second kappa shape index (κ2) is 7.00. The third kappa shape index (κ3) is 4.31. The second-order valence-corrected chi connectivity index (χ2v) is 4.83. The van der Waals surface area contributed by atoms with Crippen molar-refractivity contribution in [2.75, 3.05) is 5.32 Å². The maximum atomic E-state index is 12.2. The zero-order valence-corrected chi connectivity index (χ0v) is 11.3. The van der Waals surface area contributed by atoms with Gasteiger partial charge < -0.3 is 10.1 Å². The highest BCUT2D eigenvalue weighted by Crippen LogP contribution is 2.25. The topological polar surface area (TPSA) is 38.3 Å². The number of amides is 1. The summed E-state index contributed by atoms with van der Waals surface area (Å²) < 4.78 is 28.8. The minimum atomic E-state index is -2.92. The largest absolute Gasteiger partial charge is 0.433 e. The van der Waals surface area contributed by atoms with Crippen LogP contribution in [0.2, 0.25) is 0 Å². The number of hydrogen-bond acceptors (Lipinski definition) is 3. The van der Waals surface area contributed by atoms with E-state index in [1.54, 1.807) is 23.5 Å². The molecule has 2 rings (SSSR count). The van der Waals surface area contributed by atoms with E-state index in [0.29, 0.717) is 12.8 Å². The van der Waals surface area contributed by atoms with Crippen molar-refractivity contribution in [3.63, 3.8) is 0 Å². The first-order valence-corrected chi connectivity index (χ1v) is 6.94. The molecule has 1 N–H and O–H groups in total. The van der Waals surface area contributed by atoms with Crippen molar-refractivity contribution in [3.05, 3.63) is 46.7 Å². The number of hydrogen-bond donors (Lipinski definition) is 1. The molecule has 0 radical (unpaired) electrons. The highest BCUT2D eigenvalue weighted by molar-refractivity contribution is 7.07. The molecule has 0 aliphatic rings. The molecule has 1 heterocycles. The van der Waals surface area contributed by atoms with E-state index in [9.17, 15) is 13.6 Å². The fourth-order valence-electron chi connectivity index (χ4n) is 1.67. The molecule has 6 heteroatoms. The number of ether oxygens (including phenoxy) is 1. The first-order chi connectivity index (χ1) is 9.65. The van der Waals surface area contributed by atoms with Gasteiger partial charge in [-0.15, -0.1) is 0 Å². The SMILES string of the molecule is O=C(CCc1ccsc1)Nc1ccccc1OC(F)F. The molecule has 0 bridgehead atoms. The Hall–Kier alpha value is -1.95. The molecule has 0 fully saturated rings. The molecule has 0 unspecified atom stereocenters. The Morgan fingerprint density at radius 2 is 2.10 bits per heavy atom. The van der Waals surface area contributed by atoms with E-state index in [1.807, 2.05) is 16.8 Å². The van der Waals surface area contributed by atoms with Crippen LogP contribution in [0.4, 0.5) is 14.5 Å². The van der Waals surface area contributed by atoms with Gasteiger partial charge in [0, 0.05) is 6.42 Å². The van der Waals surface area contributed by atoms with Gasteiger partial charge in [-0.25, -0.2) is 0 Å². The summed E-state index contributed by atoms with van der Waals surface area (Å²) in [6.45, 7) is -2.92. The van der Waals surface area contributed by atoms with Crippen LogP contribution in [0.5, 0.6) is 5.75 Å². The summed E-state index contributed by atoms with van der Waals surface area (Å²) in [7, 11) is 0. The van der Waals surface area contributed by atoms with E-state index >= 15 is 0 Å². The van der Waals surface area contributed by atoms with E-state index in [4.69, 9.17) is 0 Å². The first-order valence-electron chi connectivity index (χ1n) is 6.00. The number of alkyl halides is 2. The Kier molecular flexibility index (Phi) is 5.06. The summed E-state index contributed by atoms with van der Waals surface area (Å²) in [5.41, 5.74) is 1.34. The molecular weight excluding hydrogens is 284 g/mol. The second-order valence-electron chi connectivity index (χ2n) is 4.05. The lowest BCUT2D eigenvalue weighted by molar-refractivity contribution is -0.116. The Bertz CT molecular complexity index is 558. The average molecular weight is 297 g/mol. The highest BCUT2D eigenvalue weighted by atomic mass is 32.1. The minimum absolute atomic E-state index is 0.0358. The average Bonchev–Trinajstić information content (AvgIpc) is 2.91. The number of para-hydroxylation sites is 2. The normalized spacial score (nSPS) is 10.6. The quantitative estimate of drug-likeness (QED) is 0.877. The van der Waals surface area contributed by atoms with Gasteiger partial charge in [-0.1, -0.05) is 12.1 Å². The summed E-state index contributed by atoms with van der Waals surface area (Å²) in [4.78, 5) is 11.8. The van der Waals surface area contributed by atoms with Crippen LogP contribution < -0.4 is 10.1 Å². The third-order valence-electron chi connectivity index (χ3n) is 2.60. The fraction of sp³-hybridized carbons (Fsp3) is 0.214. The molecule has 106 valence electrons. The Labute approximate surface area is 119 Å². The van der Waals surface area contributed by atoms with Crippen LogP contribution in [0.25, 0.3) is 0 Å². The summed E-state index contributed by atoms with van der Waals surface area (Å²) in [5.74, 6) is -0.270. The summed E-state index contributed by atoms with van der Waals surface area (Å²) in [5, 5.41) is 6.50. The zero-order chi connectivity index (χ0) is 14.4. The van der Waals surface area contributed by atoms with Gasteiger partial charge in [-0.05, 0) is 40.9 Å². The van der Waals surface area contributed by atoms with Gasteiger partial charge in [0.1, 0.15) is 5.75 Å². The third-order valence-corrected chi connectivity index (χ3v) is 3.33. The number of benzene rings is 1. The van der Waals surface area contributed by atoms with Gasteiger partial charge in [0.2, 0.25) is 5.91 Å². The van der Waals surface area contributed by atoms with Crippen molar-refractivity contribution in [2.24, 2.45) is 0 Å². The molecule has 3 nitrogen and oxygen atoms in total. The first kappa shape index (κ1) is 14.5. The molecule has 0 atom stereocenters. The lowest BCUT2D eigenvalue weighted by atomic mass is 10.2. The van der Waals surface area contributed by atoms with Crippen LogP contribution in [-0.4, -0.2) is 12.5 Å². The highest BCUT2D eigenvalue weighted by Gasteiger charge is 2.11. The maximum absolute atomic E-state index is 12.2. The number of thiophene rings is 1. The van der Waals surface area contributed by atoms with Crippen LogP contribution >= 0.6 is 11.3 Å². The lowest BCUT2D eigenvalue weighted by Crippen LogP contribution is -2.14. The standard InChI is InChI=1S/C14H13F2NO2S/c15-14(16)19-12-4-2-1-3-11(12)17-13(18)6-5-10-7-8-20-9-10/h1-4,7-9,14H,5-6H2,(H,17,18). The van der Waals surface area contributed by atoms with Crippen molar-refractivity contribution >= 4 is 22.9 Å². The number of rotatable bonds is 6. The van der Waals surface area contributed by atoms with Crippen molar-refractivity contribution in [3.8, 4) is 5.75 Å². The molecule has 20 heavy (non-hydrogen) atoms. The molecular formula is C14H13F2NO2S. The van der Waals surface area contributed by atoms with E-state index in [1.165, 1.54) is 12.1 Å². The number of halogens is 2. The molecule has 0 aliphatic carbocycles. The lowest BCUT2D eigenvalue weighted by Gasteiger charge is -2.11. The summed E-state index contributed by atoms with van der Waals surface area (Å²) in [6.07, 6.45) is 0.910. The zero-order valence-electron chi connectivity index (χ0n) is 10.5. The smallest absolute Gasteiger partial charge is 0.387 e. The van der Waals surface area contributed by atoms with Crippen molar-refractivity contribution in [2.45, 2.75) is 19.5 Å². The van der Waals surface area contributed by atoms with Crippen LogP contribution in [0.3, 0.4) is 0 Å². The number of aryl methyl sites for hydroxylation is 1. The molecule has 1 amide bonds. The Balaban J connectivity index is 1.93. The van der Waals surface area contributed by atoms with E-state index < -0.39 is 6.61 Å². The number of anilines is 1. The molecule has 1 aromatic heterocycles. The van der Waals surface area contributed by atoms with Gasteiger partial charge in [0.15, 0.2) is 0 Å². The van der Waals surface area contributed by atoms with Crippen molar-refractivity contribution in [1.82, 2.24) is 0 Å². The van der Waals surface area contributed by atoms with Crippen LogP contribution in [0.1, 0.15) is 12.0 Å². The van der Waals surface area contributed by atoms with Crippen molar-refractivity contribution in [1.29, 1.82) is 0 Å². The predicted molar refractivity (Wildman–Crippen MR) is 74.3 cm³/mol. The summed E-state index contributed by atoms with van der Waals surface area (Å²) in [6, 6.07) is 8.08. The Morgan fingerprint density at radius 1 is 1.30 bits per heavy atom. The van der Waals surface area contributed by atoms with Crippen LogP contribution in [0, 0.1) is 0 Å². The Morgan fingerprint density at radius 3 is 2.80 bits per heavy atom. The van der Waals surface area contributed by atoms with Crippen LogP contribution in [-0.2, 0) is 11.2 Å². The van der Waals surface area contributed by atoms with Crippen molar-refractivity contribution < 1.29 is 18.3 Å². The molecule has 0 spiro atoms. The fourth-order valence-corrected chi connectivity index (χ4v) is 2.38. The number of carbonyl (C=O) groups excluding carboxylic acids is 1. The van der Waals surface area contributed by atoms with E-state index in [-0.39, 0.29) is 17.3 Å².